The topological polar surface area (TPSA) is 185 Å². The van der Waals surface area contributed by atoms with Crippen molar-refractivity contribution in [1.82, 2.24) is 19.2 Å². The third-order valence-corrected chi connectivity index (χ3v) is 13.3. The van der Waals surface area contributed by atoms with Gasteiger partial charge in [-0.25, -0.2) is 22.4 Å². The molecule has 2 aromatic heterocycles. The largest absolute Gasteiger partial charge is 0.493 e. The predicted octanol–water partition coefficient (Wildman–Crippen LogP) is 9.03. The summed E-state index contributed by atoms with van der Waals surface area (Å²) in [4.78, 5) is 40.4. The number of nitro benzene ring substituents is 1. The fourth-order valence-corrected chi connectivity index (χ4v) is 9.70. The number of thioether (sulfide) groups is 1. The Morgan fingerprint density at radius 3 is 2.34 bits per heavy atom. The highest BCUT2D eigenvalue weighted by Gasteiger charge is 2.27. The first-order valence-corrected chi connectivity index (χ1v) is 23.1. The minimum Gasteiger partial charge on any atom is -0.493 e. The van der Waals surface area contributed by atoms with Crippen molar-refractivity contribution in [2.45, 2.75) is 48.9 Å². The van der Waals surface area contributed by atoms with E-state index in [2.05, 4.69) is 15.1 Å². The Labute approximate surface area is 375 Å². The number of aromatic carboxylic acids is 1. The molecule has 1 atom stereocenters. The number of pyridine rings is 1. The standard InChI is InChI=1S/C48H48N6O8S2/c1-31-27-34(47(55)51-64(60,61)37-22-23-40(43(29-37)54(58)59)49-35(24-25-52(3)4)30-63-36-15-6-5-7-16-36)28-32(2)45(31)42-20-11-19-41-39(46(48(56)57)50-53(41)42)18-12-26-62-44-21-10-14-33-13-8-9-17-38(33)44/h5-11,13-17,19-23,27-29,35,49H,12,18,24-26,30H2,1-4H3,(H,51,55)(H,56,57)/t35-/m1/s1. The van der Waals surface area contributed by atoms with Gasteiger partial charge in [0.15, 0.2) is 5.69 Å². The lowest BCUT2D eigenvalue weighted by Gasteiger charge is -2.22. The summed E-state index contributed by atoms with van der Waals surface area (Å²) in [6.45, 7) is 4.60. The van der Waals surface area contributed by atoms with Crippen LogP contribution in [0, 0.1) is 24.0 Å². The van der Waals surface area contributed by atoms with Crippen LogP contribution in [-0.2, 0) is 16.4 Å². The number of carbonyl (C=O) groups is 2. The Hall–Kier alpha value is -6.75. The zero-order chi connectivity index (χ0) is 45.5. The highest BCUT2D eigenvalue weighted by atomic mass is 32.2. The molecule has 7 rings (SSSR count). The molecule has 14 nitrogen and oxygen atoms in total. The number of nitrogens with one attached hydrogen (secondary N) is 2. The number of rotatable bonds is 19. The van der Waals surface area contributed by atoms with Crippen molar-refractivity contribution in [2.24, 2.45) is 0 Å². The molecular formula is C48H48N6O8S2. The van der Waals surface area contributed by atoms with Crippen LogP contribution in [0.15, 0.2) is 131 Å². The van der Waals surface area contributed by atoms with Gasteiger partial charge < -0.3 is 20.1 Å². The van der Waals surface area contributed by atoms with Gasteiger partial charge >= 0.3 is 5.97 Å². The van der Waals surface area contributed by atoms with Crippen LogP contribution in [0.3, 0.4) is 0 Å². The fourth-order valence-electron chi connectivity index (χ4n) is 7.71. The molecular weight excluding hydrogens is 853 g/mol. The van der Waals surface area contributed by atoms with Crippen LogP contribution in [0.1, 0.15) is 50.4 Å². The molecule has 0 bridgehead atoms. The Balaban J connectivity index is 1.08. The number of carbonyl (C=O) groups excluding carboxylic acids is 1. The van der Waals surface area contributed by atoms with Crippen molar-refractivity contribution in [3.05, 3.63) is 159 Å². The number of carboxylic acid groups (broad SMARTS) is 1. The maximum Gasteiger partial charge on any atom is 0.356 e. The summed E-state index contributed by atoms with van der Waals surface area (Å²) in [5, 5.41) is 32.4. The van der Waals surface area contributed by atoms with Crippen LogP contribution < -0.4 is 14.8 Å². The van der Waals surface area contributed by atoms with Gasteiger partial charge in [-0.3, -0.25) is 14.9 Å². The molecule has 0 aliphatic rings. The molecule has 0 saturated heterocycles. The number of aryl methyl sites for hydroxylation is 3. The zero-order valence-corrected chi connectivity index (χ0v) is 37.4. The van der Waals surface area contributed by atoms with E-state index in [9.17, 15) is 33.2 Å². The van der Waals surface area contributed by atoms with Gasteiger partial charge in [-0.1, -0.05) is 60.7 Å². The molecule has 5 aromatic carbocycles. The molecule has 7 aromatic rings. The Bertz CT molecular complexity index is 2950. The number of fused-ring (bicyclic) bond motifs is 2. The average molecular weight is 901 g/mol. The molecule has 330 valence electrons. The number of benzene rings is 5. The summed E-state index contributed by atoms with van der Waals surface area (Å²) in [6, 6.07) is 35.4. The number of hydrogen-bond acceptors (Lipinski definition) is 11. The number of nitrogens with zero attached hydrogens (tertiary/aromatic N) is 4. The van der Waals surface area contributed by atoms with E-state index in [1.807, 2.05) is 104 Å². The van der Waals surface area contributed by atoms with Crippen LogP contribution >= 0.6 is 11.8 Å². The van der Waals surface area contributed by atoms with Crippen molar-refractivity contribution in [3.8, 4) is 17.0 Å². The molecule has 2 heterocycles. The van der Waals surface area contributed by atoms with Crippen LogP contribution in [-0.4, -0.2) is 83.9 Å². The van der Waals surface area contributed by atoms with E-state index in [0.29, 0.717) is 65.1 Å². The lowest BCUT2D eigenvalue weighted by atomic mass is 9.96. The first kappa shape index (κ1) is 45.3. The third kappa shape index (κ3) is 10.4. The highest BCUT2D eigenvalue weighted by Crippen LogP contribution is 2.33. The summed E-state index contributed by atoms with van der Waals surface area (Å²) in [7, 11) is -0.677. The van der Waals surface area contributed by atoms with Gasteiger partial charge in [0.1, 0.15) is 11.4 Å². The van der Waals surface area contributed by atoms with Crippen molar-refractivity contribution < 1.29 is 32.8 Å². The van der Waals surface area contributed by atoms with Crippen molar-refractivity contribution >= 4 is 61.3 Å². The summed E-state index contributed by atoms with van der Waals surface area (Å²) in [6.07, 6.45) is 1.58. The molecule has 0 spiro atoms. The molecule has 0 unspecified atom stereocenters. The van der Waals surface area contributed by atoms with Gasteiger partial charge in [0.25, 0.3) is 21.6 Å². The minimum atomic E-state index is -4.56. The van der Waals surface area contributed by atoms with E-state index in [-0.39, 0.29) is 23.0 Å². The summed E-state index contributed by atoms with van der Waals surface area (Å²) >= 11 is 1.61. The molecule has 0 radical (unpaired) electrons. The van der Waals surface area contributed by atoms with Gasteiger partial charge in [-0.2, -0.15) is 5.10 Å². The Kier molecular flexibility index (Phi) is 14.0. The molecule has 1 amide bonds. The second kappa shape index (κ2) is 19.7. The average Bonchev–Trinajstić information content (AvgIpc) is 3.65. The van der Waals surface area contributed by atoms with E-state index < -0.39 is 37.4 Å². The zero-order valence-electron chi connectivity index (χ0n) is 35.8. The summed E-state index contributed by atoms with van der Waals surface area (Å²) in [5.74, 6) is -0.740. The number of sulfonamides is 1. The molecule has 0 saturated carbocycles. The van der Waals surface area contributed by atoms with E-state index in [1.54, 1.807) is 36.2 Å². The Morgan fingerprint density at radius 1 is 0.922 bits per heavy atom. The number of carboxylic acids is 1. The van der Waals surface area contributed by atoms with Crippen LogP contribution in [0.4, 0.5) is 11.4 Å². The maximum atomic E-state index is 13.6. The van der Waals surface area contributed by atoms with Gasteiger partial charge in [0.05, 0.1) is 27.6 Å². The molecule has 16 heteroatoms. The van der Waals surface area contributed by atoms with Gasteiger partial charge in [0, 0.05) is 44.8 Å². The molecule has 0 aliphatic carbocycles. The first-order chi connectivity index (χ1) is 30.7. The summed E-state index contributed by atoms with van der Waals surface area (Å²) in [5.41, 5.74) is 3.32. The number of amides is 1. The van der Waals surface area contributed by atoms with Gasteiger partial charge in [0.2, 0.25) is 0 Å². The maximum absolute atomic E-state index is 13.6. The monoisotopic (exact) mass is 900 g/mol. The normalized spacial score (nSPS) is 12.1. The van der Waals surface area contributed by atoms with Gasteiger partial charge in [-0.15, -0.1) is 11.8 Å². The van der Waals surface area contributed by atoms with Gasteiger partial charge in [-0.05, 0) is 125 Å². The number of anilines is 1. The van der Waals surface area contributed by atoms with E-state index >= 15 is 0 Å². The van der Waals surface area contributed by atoms with Crippen molar-refractivity contribution in [3.63, 3.8) is 0 Å². The quantitative estimate of drug-likeness (QED) is 0.0303. The lowest BCUT2D eigenvalue weighted by Crippen LogP contribution is -2.31. The lowest BCUT2D eigenvalue weighted by molar-refractivity contribution is -0.384. The summed E-state index contributed by atoms with van der Waals surface area (Å²) < 4.78 is 37.0. The molecule has 0 aliphatic heterocycles. The number of ether oxygens (including phenoxy) is 1. The smallest absolute Gasteiger partial charge is 0.356 e. The Morgan fingerprint density at radius 2 is 1.62 bits per heavy atom. The number of aromatic nitrogens is 2. The van der Waals surface area contributed by atoms with Crippen molar-refractivity contribution in [2.75, 3.05) is 38.3 Å². The van der Waals surface area contributed by atoms with E-state index in [1.165, 1.54) is 24.3 Å². The predicted molar refractivity (Wildman–Crippen MR) is 250 cm³/mol. The van der Waals surface area contributed by atoms with Crippen LogP contribution in [0.25, 0.3) is 27.5 Å². The SMILES string of the molecule is Cc1cc(C(=O)NS(=O)(=O)c2ccc(N[C@H](CCN(C)C)CSc3ccccc3)c([N+](=O)[O-])c2)cc(C)c1-c1cccc2c(CCCOc3cccc4ccccc34)c(C(=O)O)nn12. The third-order valence-electron chi connectivity index (χ3n) is 10.8. The minimum absolute atomic E-state index is 0.0421. The van der Waals surface area contributed by atoms with E-state index in [0.717, 1.165) is 34.0 Å². The molecule has 64 heavy (non-hydrogen) atoms. The molecule has 0 fully saturated rings. The first-order valence-electron chi connectivity index (χ1n) is 20.6. The number of hydrogen-bond donors (Lipinski definition) is 3. The van der Waals surface area contributed by atoms with E-state index in [4.69, 9.17) is 4.74 Å². The number of nitro groups is 1. The van der Waals surface area contributed by atoms with Crippen molar-refractivity contribution in [1.29, 1.82) is 0 Å². The van der Waals surface area contributed by atoms with Crippen LogP contribution in [0.5, 0.6) is 5.75 Å². The second-order valence-corrected chi connectivity index (χ2v) is 18.5. The fraction of sp³-hybridized carbons (Fsp3) is 0.229. The highest BCUT2D eigenvalue weighted by molar-refractivity contribution is 7.99. The van der Waals surface area contributed by atoms with Crippen LogP contribution in [0.2, 0.25) is 0 Å². The second-order valence-electron chi connectivity index (χ2n) is 15.7. The molecule has 3 N–H and O–H groups in total.